The van der Waals surface area contributed by atoms with Crippen molar-refractivity contribution in [1.82, 2.24) is 10.2 Å². The molecule has 7 nitrogen and oxygen atoms in total. The third-order valence-corrected chi connectivity index (χ3v) is 4.42. The first-order chi connectivity index (χ1) is 13.8. The summed E-state index contributed by atoms with van der Waals surface area (Å²) in [5.74, 6) is 0.473. The van der Waals surface area contributed by atoms with Gasteiger partial charge in [0.25, 0.3) is 5.91 Å². The summed E-state index contributed by atoms with van der Waals surface area (Å²) in [4.78, 5) is 14.5. The Hall–Kier alpha value is -3.45. The topological polar surface area (TPSA) is 79.4 Å². The fourth-order valence-corrected chi connectivity index (χ4v) is 2.93. The molecule has 0 bridgehead atoms. The molecule has 3 aromatic rings. The van der Waals surface area contributed by atoms with Crippen molar-refractivity contribution in [3.05, 3.63) is 72.4 Å². The Morgan fingerprint density at radius 2 is 1.50 bits per heavy atom. The van der Waals surface area contributed by atoms with Gasteiger partial charge in [0.1, 0.15) is 0 Å². The molecular weight excluding hydrogens is 354 g/mol. The van der Waals surface area contributed by atoms with Crippen LogP contribution in [-0.2, 0) is 4.74 Å². The van der Waals surface area contributed by atoms with Crippen LogP contribution in [0, 0.1) is 0 Å². The molecule has 1 aliphatic rings. The average molecular weight is 375 g/mol. The maximum Gasteiger partial charge on any atom is 0.276 e. The molecule has 0 saturated carbocycles. The fourth-order valence-electron chi connectivity index (χ4n) is 2.93. The van der Waals surface area contributed by atoms with Crippen LogP contribution >= 0.6 is 0 Å². The number of benzene rings is 2. The number of aromatic nitrogens is 2. The van der Waals surface area contributed by atoms with Crippen LogP contribution in [0.1, 0.15) is 10.5 Å². The van der Waals surface area contributed by atoms with Crippen LogP contribution in [0.2, 0.25) is 0 Å². The summed E-state index contributed by atoms with van der Waals surface area (Å²) >= 11 is 0. The maximum atomic E-state index is 12.4. The maximum absolute atomic E-state index is 12.4. The van der Waals surface area contributed by atoms with Crippen LogP contribution in [-0.4, -0.2) is 42.4 Å². The Balaban J connectivity index is 1.36. The van der Waals surface area contributed by atoms with Crippen LogP contribution in [0.3, 0.4) is 0 Å². The number of ether oxygens (including phenoxy) is 1. The first kappa shape index (κ1) is 17.9. The highest BCUT2D eigenvalue weighted by atomic mass is 16.5. The third-order valence-electron chi connectivity index (χ3n) is 4.42. The number of hydrogen-bond acceptors (Lipinski definition) is 6. The van der Waals surface area contributed by atoms with Crippen molar-refractivity contribution >= 4 is 28.8 Å². The fraction of sp³-hybridized carbons (Fsp3) is 0.190. The normalized spacial score (nSPS) is 13.8. The SMILES string of the molecule is O=C(Nc1ccc(Nc2ccccc2)cc1)c1ccc(N2CCOCC2)nn1. The van der Waals surface area contributed by atoms with Crippen molar-refractivity contribution in [3.63, 3.8) is 0 Å². The summed E-state index contributed by atoms with van der Waals surface area (Å²) < 4.78 is 5.33. The van der Waals surface area contributed by atoms with Gasteiger partial charge in [0.2, 0.25) is 0 Å². The van der Waals surface area contributed by atoms with Gasteiger partial charge in [-0.05, 0) is 48.5 Å². The van der Waals surface area contributed by atoms with Gasteiger partial charge in [-0.1, -0.05) is 18.2 Å². The molecule has 2 heterocycles. The van der Waals surface area contributed by atoms with E-state index in [-0.39, 0.29) is 11.6 Å². The highest BCUT2D eigenvalue weighted by molar-refractivity contribution is 6.02. The second kappa shape index (κ2) is 8.49. The number of carbonyl (C=O) groups excluding carboxylic acids is 1. The van der Waals surface area contributed by atoms with Crippen molar-refractivity contribution in [3.8, 4) is 0 Å². The zero-order chi connectivity index (χ0) is 19.2. The molecule has 28 heavy (non-hydrogen) atoms. The van der Waals surface area contributed by atoms with E-state index in [1.807, 2.05) is 60.7 Å². The molecule has 1 amide bonds. The number of nitrogens with zero attached hydrogens (tertiary/aromatic N) is 3. The first-order valence-corrected chi connectivity index (χ1v) is 9.18. The van der Waals surface area contributed by atoms with Crippen molar-refractivity contribution in [1.29, 1.82) is 0 Å². The van der Waals surface area contributed by atoms with Crippen molar-refractivity contribution < 1.29 is 9.53 Å². The number of amides is 1. The molecule has 1 saturated heterocycles. The van der Waals surface area contributed by atoms with Gasteiger partial charge in [-0.2, -0.15) is 0 Å². The van der Waals surface area contributed by atoms with E-state index >= 15 is 0 Å². The summed E-state index contributed by atoms with van der Waals surface area (Å²) in [6.07, 6.45) is 0. The number of anilines is 4. The molecule has 7 heteroatoms. The number of nitrogens with one attached hydrogen (secondary N) is 2. The predicted octanol–water partition coefficient (Wildman–Crippen LogP) is 3.31. The zero-order valence-electron chi connectivity index (χ0n) is 15.3. The summed E-state index contributed by atoms with van der Waals surface area (Å²) in [5, 5.41) is 14.4. The highest BCUT2D eigenvalue weighted by Crippen LogP contribution is 2.19. The quantitative estimate of drug-likeness (QED) is 0.712. The highest BCUT2D eigenvalue weighted by Gasteiger charge is 2.14. The molecular formula is C21H21N5O2. The smallest absolute Gasteiger partial charge is 0.276 e. The van der Waals surface area contributed by atoms with Crippen molar-refractivity contribution in [2.24, 2.45) is 0 Å². The molecule has 4 rings (SSSR count). The first-order valence-electron chi connectivity index (χ1n) is 9.18. The van der Waals surface area contributed by atoms with E-state index in [0.717, 1.165) is 30.3 Å². The number of carbonyl (C=O) groups is 1. The van der Waals surface area contributed by atoms with Crippen LogP contribution < -0.4 is 15.5 Å². The Morgan fingerprint density at radius 3 is 2.18 bits per heavy atom. The molecule has 142 valence electrons. The Kier molecular flexibility index (Phi) is 5.44. The lowest BCUT2D eigenvalue weighted by Gasteiger charge is -2.27. The molecule has 1 aliphatic heterocycles. The molecule has 0 unspecified atom stereocenters. The van der Waals surface area contributed by atoms with Crippen molar-refractivity contribution in [2.75, 3.05) is 41.8 Å². The lowest BCUT2D eigenvalue weighted by molar-refractivity contribution is 0.102. The van der Waals surface area contributed by atoms with Crippen molar-refractivity contribution in [2.45, 2.75) is 0 Å². The largest absolute Gasteiger partial charge is 0.378 e. The van der Waals surface area contributed by atoms with Crippen LogP contribution in [0.25, 0.3) is 0 Å². The lowest BCUT2D eigenvalue weighted by Crippen LogP contribution is -2.37. The second-order valence-corrected chi connectivity index (χ2v) is 6.40. The molecule has 0 aliphatic carbocycles. The zero-order valence-corrected chi connectivity index (χ0v) is 15.3. The monoisotopic (exact) mass is 375 g/mol. The lowest BCUT2D eigenvalue weighted by atomic mass is 10.2. The minimum absolute atomic E-state index is 0.281. The average Bonchev–Trinajstić information content (AvgIpc) is 2.76. The number of hydrogen-bond donors (Lipinski definition) is 2. The molecule has 1 aromatic heterocycles. The van der Waals surface area contributed by atoms with Gasteiger partial charge in [-0.15, -0.1) is 10.2 Å². The summed E-state index contributed by atoms with van der Waals surface area (Å²) in [5.41, 5.74) is 2.93. The van der Waals surface area contributed by atoms with Crippen LogP contribution in [0.4, 0.5) is 22.9 Å². The summed E-state index contributed by atoms with van der Waals surface area (Å²) in [7, 11) is 0. The third kappa shape index (κ3) is 4.44. The van der Waals surface area contributed by atoms with E-state index in [1.54, 1.807) is 6.07 Å². The van der Waals surface area contributed by atoms with Crippen LogP contribution in [0.15, 0.2) is 66.7 Å². The van der Waals surface area contributed by atoms with Gasteiger partial charge >= 0.3 is 0 Å². The molecule has 0 spiro atoms. The minimum atomic E-state index is -0.287. The molecule has 0 radical (unpaired) electrons. The Labute approximate surface area is 163 Å². The minimum Gasteiger partial charge on any atom is -0.378 e. The van der Waals surface area contributed by atoms with Gasteiger partial charge in [0.05, 0.1) is 13.2 Å². The standard InChI is InChI=1S/C21H21N5O2/c27-21(19-10-11-20(25-24-19)26-12-14-28-15-13-26)23-18-8-6-17(7-9-18)22-16-4-2-1-3-5-16/h1-11,22H,12-15H2,(H,23,27). The Bertz CT molecular complexity index is 908. The molecule has 0 atom stereocenters. The van der Waals surface area contributed by atoms with E-state index in [0.29, 0.717) is 18.9 Å². The van der Waals surface area contributed by atoms with Gasteiger partial charge in [-0.3, -0.25) is 4.79 Å². The van der Waals surface area contributed by atoms with E-state index in [9.17, 15) is 4.79 Å². The van der Waals surface area contributed by atoms with E-state index in [1.165, 1.54) is 0 Å². The number of para-hydroxylation sites is 1. The van der Waals surface area contributed by atoms with Gasteiger partial charge in [0, 0.05) is 30.2 Å². The van der Waals surface area contributed by atoms with E-state index in [4.69, 9.17) is 4.74 Å². The Morgan fingerprint density at radius 1 is 0.821 bits per heavy atom. The van der Waals surface area contributed by atoms with Gasteiger partial charge in [-0.25, -0.2) is 0 Å². The molecule has 1 fully saturated rings. The predicted molar refractivity (Wildman–Crippen MR) is 109 cm³/mol. The molecule has 2 aromatic carbocycles. The summed E-state index contributed by atoms with van der Waals surface area (Å²) in [6, 6.07) is 20.9. The van der Waals surface area contributed by atoms with E-state index < -0.39 is 0 Å². The van der Waals surface area contributed by atoms with Gasteiger partial charge in [0.15, 0.2) is 11.5 Å². The number of rotatable bonds is 5. The van der Waals surface area contributed by atoms with Crippen LogP contribution in [0.5, 0.6) is 0 Å². The van der Waals surface area contributed by atoms with E-state index in [2.05, 4.69) is 25.7 Å². The summed E-state index contributed by atoms with van der Waals surface area (Å²) in [6.45, 7) is 2.92. The van der Waals surface area contributed by atoms with Gasteiger partial charge < -0.3 is 20.3 Å². The second-order valence-electron chi connectivity index (χ2n) is 6.40. The number of morpholine rings is 1. The molecule has 2 N–H and O–H groups in total.